The smallest absolute Gasteiger partial charge is 0.123 e. The Bertz CT molecular complexity index is 466. The predicted molar refractivity (Wildman–Crippen MR) is 66.9 cm³/mol. The van der Waals surface area contributed by atoms with Gasteiger partial charge in [0.25, 0.3) is 0 Å². The number of rotatable bonds is 5. The van der Waals surface area contributed by atoms with Gasteiger partial charge in [0.1, 0.15) is 5.75 Å². The standard InChI is InChI=1S/C13H17N3O/c1-10-3-4-13(17-2)12(5-10)9-14-6-11-7-15-16-8-11/h3-5,7-8,14H,6,9H2,1-2H3,(H,15,16). The van der Waals surface area contributed by atoms with E-state index >= 15 is 0 Å². The van der Waals surface area contributed by atoms with Crippen molar-refractivity contribution in [2.75, 3.05) is 7.11 Å². The molecular weight excluding hydrogens is 214 g/mol. The van der Waals surface area contributed by atoms with Gasteiger partial charge in [0.15, 0.2) is 0 Å². The van der Waals surface area contributed by atoms with E-state index < -0.39 is 0 Å². The van der Waals surface area contributed by atoms with Gasteiger partial charge >= 0.3 is 0 Å². The van der Waals surface area contributed by atoms with Gasteiger partial charge in [0, 0.05) is 30.4 Å². The van der Waals surface area contributed by atoms with Crippen LogP contribution in [-0.2, 0) is 13.1 Å². The molecule has 0 spiro atoms. The normalized spacial score (nSPS) is 10.5. The number of hydrogen-bond acceptors (Lipinski definition) is 3. The second-order valence-electron chi connectivity index (χ2n) is 4.03. The monoisotopic (exact) mass is 231 g/mol. The van der Waals surface area contributed by atoms with Crippen LogP contribution in [0, 0.1) is 6.92 Å². The Labute approximate surface area is 101 Å². The molecule has 17 heavy (non-hydrogen) atoms. The molecule has 0 aliphatic rings. The van der Waals surface area contributed by atoms with Crippen molar-refractivity contribution in [3.8, 4) is 5.75 Å². The maximum atomic E-state index is 5.33. The van der Waals surface area contributed by atoms with E-state index in [2.05, 4.69) is 34.6 Å². The maximum absolute atomic E-state index is 5.33. The molecule has 0 fully saturated rings. The first-order valence-corrected chi connectivity index (χ1v) is 5.61. The van der Waals surface area contributed by atoms with Gasteiger partial charge in [-0.2, -0.15) is 5.10 Å². The lowest BCUT2D eigenvalue weighted by molar-refractivity contribution is 0.407. The highest BCUT2D eigenvalue weighted by molar-refractivity contribution is 5.36. The zero-order chi connectivity index (χ0) is 12.1. The minimum absolute atomic E-state index is 0.788. The minimum Gasteiger partial charge on any atom is -0.496 e. The predicted octanol–water partition coefficient (Wildman–Crippen LogP) is 2.02. The Kier molecular flexibility index (Phi) is 3.77. The highest BCUT2D eigenvalue weighted by Gasteiger charge is 2.02. The largest absolute Gasteiger partial charge is 0.496 e. The fraction of sp³-hybridized carbons (Fsp3) is 0.308. The summed E-state index contributed by atoms with van der Waals surface area (Å²) in [7, 11) is 1.70. The summed E-state index contributed by atoms with van der Waals surface area (Å²) in [6, 6.07) is 6.20. The Balaban J connectivity index is 1.96. The van der Waals surface area contributed by atoms with Crippen molar-refractivity contribution >= 4 is 0 Å². The number of methoxy groups -OCH3 is 1. The van der Waals surface area contributed by atoms with E-state index in [1.807, 2.05) is 18.5 Å². The first kappa shape index (κ1) is 11.7. The summed E-state index contributed by atoms with van der Waals surface area (Å²) in [6.45, 7) is 3.67. The van der Waals surface area contributed by atoms with Crippen molar-refractivity contribution in [3.05, 3.63) is 47.3 Å². The van der Waals surface area contributed by atoms with Gasteiger partial charge in [0.05, 0.1) is 13.3 Å². The van der Waals surface area contributed by atoms with Crippen LogP contribution in [0.2, 0.25) is 0 Å². The summed E-state index contributed by atoms with van der Waals surface area (Å²) in [5.41, 5.74) is 3.57. The van der Waals surface area contributed by atoms with E-state index in [1.54, 1.807) is 7.11 Å². The first-order valence-electron chi connectivity index (χ1n) is 5.61. The lowest BCUT2D eigenvalue weighted by atomic mass is 10.1. The van der Waals surface area contributed by atoms with Crippen LogP contribution in [0.3, 0.4) is 0 Å². The molecule has 0 aliphatic heterocycles. The molecule has 4 heteroatoms. The van der Waals surface area contributed by atoms with Crippen molar-refractivity contribution in [2.24, 2.45) is 0 Å². The third-order valence-electron chi connectivity index (χ3n) is 2.64. The first-order chi connectivity index (χ1) is 8.29. The molecule has 0 saturated carbocycles. The molecule has 0 radical (unpaired) electrons. The van der Waals surface area contributed by atoms with Crippen LogP contribution in [0.15, 0.2) is 30.6 Å². The average molecular weight is 231 g/mol. The summed E-state index contributed by atoms with van der Waals surface area (Å²) in [5.74, 6) is 0.926. The van der Waals surface area contributed by atoms with Crippen LogP contribution < -0.4 is 10.1 Å². The van der Waals surface area contributed by atoms with Crippen LogP contribution in [0.4, 0.5) is 0 Å². The summed E-state index contributed by atoms with van der Waals surface area (Å²) in [5, 5.41) is 10.1. The van der Waals surface area contributed by atoms with Gasteiger partial charge < -0.3 is 10.1 Å². The Hall–Kier alpha value is -1.81. The highest BCUT2D eigenvalue weighted by Crippen LogP contribution is 2.19. The second-order valence-corrected chi connectivity index (χ2v) is 4.03. The molecule has 0 unspecified atom stereocenters. The van der Waals surface area contributed by atoms with Gasteiger partial charge in [-0.25, -0.2) is 0 Å². The van der Waals surface area contributed by atoms with Crippen LogP contribution in [0.25, 0.3) is 0 Å². The molecule has 4 nitrogen and oxygen atoms in total. The molecule has 0 bridgehead atoms. The fourth-order valence-corrected chi connectivity index (χ4v) is 1.76. The second kappa shape index (κ2) is 5.50. The molecule has 0 atom stereocenters. The van der Waals surface area contributed by atoms with Gasteiger partial charge in [-0.3, -0.25) is 5.10 Å². The summed E-state index contributed by atoms with van der Waals surface area (Å²) < 4.78 is 5.33. The number of hydrogen-bond donors (Lipinski definition) is 2. The molecule has 1 aromatic heterocycles. The summed E-state index contributed by atoms with van der Waals surface area (Å²) >= 11 is 0. The van der Waals surface area contributed by atoms with Gasteiger partial charge in [-0.1, -0.05) is 17.7 Å². The SMILES string of the molecule is COc1ccc(C)cc1CNCc1cn[nH]c1. The Morgan fingerprint density at radius 1 is 1.35 bits per heavy atom. The quantitative estimate of drug-likeness (QED) is 0.827. The fourth-order valence-electron chi connectivity index (χ4n) is 1.76. The maximum Gasteiger partial charge on any atom is 0.123 e. The van der Waals surface area contributed by atoms with E-state index in [0.29, 0.717) is 0 Å². The van der Waals surface area contributed by atoms with E-state index in [1.165, 1.54) is 11.1 Å². The van der Waals surface area contributed by atoms with Crippen LogP contribution in [-0.4, -0.2) is 17.3 Å². The lowest BCUT2D eigenvalue weighted by Crippen LogP contribution is -2.13. The van der Waals surface area contributed by atoms with Crippen molar-refractivity contribution in [1.82, 2.24) is 15.5 Å². The average Bonchev–Trinajstić information content (AvgIpc) is 2.82. The topological polar surface area (TPSA) is 49.9 Å². The number of benzene rings is 1. The molecule has 90 valence electrons. The highest BCUT2D eigenvalue weighted by atomic mass is 16.5. The molecule has 0 amide bonds. The zero-order valence-corrected chi connectivity index (χ0v) is 10.2. The number of ether oxygens (including phenoxy) is 1. The van der Waals surface area contributed by atoms with E-state index in [0.717, 1.165) is 24.4 Å². The van der Waals surface area contributed by atoms with E-state index in [9.17, 15) is 0 Å². The minimum atomic E-state index is 0.788. The van der Waals surface area contributed by atoms with Crippen molar-refractivity contribution in [2.45, 2.75) is 20.0 Å². The molecule has 0 saturated heterocycles. The number of nitrogens with zero attached hydrogens (tertiary/aromatic N) is 1. The van der Waals surface area contributed by atoms with Gasteiger partial charge in [0.2, 0.25) is 0 Å². The van der Waals surface area contributed by atoms with Gasteiger partial charge in [-0.15, -0.1) is 0 Å². The molecule has 1 heterocycles. The van der Waals surface area contributed by atoms with Crippen LogP contribution in [0.5, 0.6) is 5.75 Å². The van der Waals surface area contributed by atoms with Gasteiger partial charge in [-0.05, 0) is 13.0 Å². The third kappa shape index (κ3) is 3.07. The molecule has 1 aromatic carbocycles. The van der Waals surface area contributed by atoms with E-state index in [-0.39, 0.29) is 0 Å². The Morgan fingerprint density at radius 2 is 2.24 bits per heavy atom. The summed E-state index contributed by atoms with van der Waals surface area (Å²) in [4.78, 5) is 0. The summed E-state index contributed by atoms with van der Waals surface area (Å²) in [6.07, 6.45) is 3.71. The van der Waals surface area contributed by atoms with Crippen LogP contribution >= 0.6 is 0 Å². The molecular formula is C13H17N3O. The number of aryl methyl sites for hydroxylation is 1. The molecule has 2 aromatic rings. The number of H-pyrrole nitrogens is 1. The van der Waals surface area contributed by atoms with E-state index in [4.69, 9.17) is 4.74 Å². The number of nitrogens with one attached hydrogen (secondary N) is 2. The van der Waals surface area contributed by atoms with Crippen molar-refractivity contribution in [3.63, 3.8) is 0 Å². The van der Waals surface area contributed by atoms with Crippen molar-refractivity contribution in [1.29, 1.82) is 0 Å². The molecule has 2 rings (SSSR count). The Morgan fingerprint density at radius 3 is 2.94 bits per heavy atom. The number of aromatic amines is 1. The third-order valence-corrected chi connectivity index (χ3v) is 2.64. The van der Waals surface area contributed by atoms with Crippen molar-refractivity contribution < 1.29 is 4.74 Å². The van der Waals surface area contributed by atoms with Crippen LogP contribution in [0.1, 0.15) is 16.7 Å². The lowest BCUT2D eigenvalue weighted by Gasteiger charge is -2.10. The molecule has 0 aliphatic carbocycles. The molecule has 2 N–H and O–H groups in total. The zero-order valence-electron chi connectivity index (χ0n) is 10.2. The number of aromatic nitrogens is 2.